The smallest absolute Gasteiger partial charge is 0.343 e. The molecule has 0 radical (unpaired) electrons. The molecule has 0 bridgehead atoms. The van der Waals surface area contributed by atoms with Crippen molar-refractivity contribution < 1.29 is 14.3 Å². The standard InChI is InChI=1S/C21H20N2O3/c1-2-3-13-23-20(24)18(15-22)14-16-9-11-19(12-10-16)26-21(25)17-7-5-4-6-8-17/h4-12,14H,2-3,13H2,1H3,(H,23,24)/b18-14+. The van der Waals surface area contributed by atoms with Crippen LogP contribution in [0, 0.1) is 11.3 Å². The van der Waals surface area contributed by atoms with Crippen LogP contribution < -0.4 is 10.1 Å². The lowest BCUT2D eigenvalue weighted by Crippen LogP contribution is -2.25. The Morgan fingerprint density at radius 1 is 1.12 bits per heavy atom. The molecule has 0 spiro atoms. The fourth-order valence-corrected chi connectivity index (χ4v) is 2.16. The van der Waals surface area contributed by atoms with Gasteiger partial charge in [-0.25, -0.2) is 4.79 Å². The van der Waals surface area contributed by atoms with Crippen molar-refractivity contribution in [3.05, 3.63) is 71.3 Å². The van der Waals surface area contributed by atoms with Gasteiger partial charge in [0.2, 0.25) is 0 Å². The van der Waals surface area contributed by atoms with E-state index in [1.807, 2.05) is 19.1 Å². The molecule has 0 saturated heterocycles. The summed E-state index contributed by atoms with van der Waals surface area (Å²) in [5.74, 6) is -0.440. The zero-order valence-corrected chi connectivity index (χ0v) is 14.6. The number of rotatable bonds is 7. The van der Waals surface area contributed by atoms with Gasteiger partial charge < -0.3 is 10.1 Å². The molecule has 0 aliphatic rings. The van der Waals surface area contributed by atoms with Crippen molar-refractivity contribution >= 4 is 18.0 Å². The number of ether oxygens (including phenoxy) is 1. The van der Waals surface area contributed by atoms with Crippen LogP contribution in [-0.4, -0.2) is 18.4 Å². The molecule has 0 atom stereocenters. The second kappa shape index (κ2) is 9.80. The summed E-state index contributed by atoms with van der Waals surface area (Å²) in [6.07, 6.45) is 3.34. The van der Waals surface area contributed by atoms with E-state index in [4.69, 9.17) is 10.00 Å². The summed E-state index contributed by atoms with van der Waals surface area (Å²) < 4.78 is 5.30. The average Bonchev–Trinajstić information content (AvgIpc) is 2.68. The molecule has 2 aromatic rings. The molecule has 0 heterocycles. The van der Waals surface area contributed by atoms with E-state index in [1.54, 1.807) is 48.5 Å². The summed E-state index contributed by atoms with van der Waals surface area (Å²) >= 11 is 0. The van der Waals surface area contributed by atoms with E-state index in [0.29, 0.717) is 23.4 Å². The van der Waals surface area contributed by atoms with Gasteiger partial charge in [0, 0.05) is 6.54 Å². The number of hydrogen-bond donors (Lipinski definition) is 1. The van der Waals surface area contributed by atoms with Crippen molar-refractivity contribution in [1.82, 2.24) is 5.32 Å². The van der Waals surface area contributed by atoms with Crippen molar-refractivity contribution in [2.75, 3.05) is 6.54 Å². The van der Waals surface area contributed by atoms with Gasteiger partial charge in [-0.05, 0) is 42.3 Å². The molecule has 5 nitrogen and oxygen atoms in total. The summed E-state index contributed by atoms with van der Waals surface area (Å²) in [5.41, 5.74) is 1.17. The number of amides is 1. The maximum atomic E-state index is 12.0. The van der Waals surface area contributed by atoms with Gasteiger partial charge in [-0.3, -0.25) is 4.79 Å². The Labute approximate surface area is 152 Å². The van der Waals surface area contributed by atoms with Gasteiger partial charge in [0.25, 0.3) is 5.91 Å². The number of nitrogens with one attached hydrogen (secondary N) is 1. The zero-order chi connectivity index (χ0) is 18.8. The first-order valence-corrected chi connectivity index (χ1v) is 8.41. The van der Waals surface area contributed by atoms with E-state index in [9.17, 15) is 9.59 Å². The molecule has 1 N–H and O–H groups in total. The van der Waals surface area contributed by atoms with Crippen LogP contribution in [0.25, 0.3) is 6.08 Å². The SMILES string of the molecule is CCCCNC(=O)/C(C#N)=C/c1ccc(OC(=O)c2ccccc2)cc1. The van der Waals surface area contributed by atoms with E-state index in [-0.39, 0.29) is 11.5 Å². The van der Waals surface area contributed by atoms with Crippen molar-refractivity contribution in [1.29, 1.82) is 5.26 Å². The van der Waals surface area contributed by atoms with Gasteiger partial charge in [-0.15, -0.1) is 0 Å². The van der Waals surface area contributed by atoms with Gasteiger partial charge in [0.05, 0.1) is 5.56 Å². The minimum Gasteiger partial charge on any atom is -0.423 e. The van der Waals surface area contributed by atoms with Gasteiger partial charge in [-0.1, -0.05) is 43.7 Å². The third-order valence-electron chi connectivity index (χ3n) is 3.59. The zero-order valence-electron chi connectivity index (χ0n) is 14.6. The fraction of sp³-hybridized carbons (Fsp3) is 0.190. The predicted molar refractivity (Wildman–Crippen MR) is 99.4 cm³/mol. The number of hydrogen-bond acceptors (Lipinski definition) is 4. The highest BCUT2D eigenvalue weighted by molar-refractivity contribution is 6.01. The first-order valence-electron chi connectivity index (χ1n) is 8.41. The molecule has 2 rings (SSSR count). The highest BCUT2D eigenvalue weighted by atomic mass is 16.5. The average molecular weight is 348 g/mol. The van der Waals surface area contributed by atoms with Crippen molar-refractivity contribution in [2.45, 2.75) is 19.8 Å². The molecule has 1 amide bonds. The first kappa shape index (κ1) is 18.9. The van der Waals surface area contributed by atoms with Crippen LogP contribution in [0.2, 0.25) is 0 Å². The number of benzene rings is 2. The monoisotopic (exact) mass is 348 g/mol. The lowest BCUT2D eigenvalue weighted by molar-refractivity contribution is -0.117. The molecule has 0 saturated carbocycles. The molecule has 0 fully saturated rings. The molecule has 0 aliphatic carbocycles. The minimum absolute atomic E-state index is 0.0372. The third kappa shape index (κ3) is 5.60. The van der Waals surface area contributed by atoms with Crippen LogP contribution in [0.3, 0.4) is 0 Å². The number of unbranched alkanes of at least 4 members (excludes halogenated alkanes) is 1. The lowest BCUT2D eigenvalue weighted by atomic mass is 10.1. The Morgan fingerprint density at radius 2 is 1.81 bits per heavy atom. The van der Waals surface area contributed by atoms with Crippen LogP contribution in [-0.2, 0) is 4.79 Å². The predicted octanol–water partition coefficient (Wildman–Crippen LogP) is 3.73. The summed E-state index contributed by atoms with van der Waals surface area (Å²) in [7, 11) is 0. The molecule has 5 heteroatoms. The summed E-state index contributed by atoms with van der Waals surface area (Å²) in [4.78, 5) is 24.0. The van der Waals surface area contributed by atoms with Gasteiger partial charge in [-0.2, -0.15) is 5.26 Å². The third-order valence-corrected chi connectivity index (χ3v) is 3.59. The molecule has 132 valence electrons. The highest BCUT2D eigenvalue weighted by Crippen LogP contribution is 2.16. The Hall–Kier alpha value is -3.39. The van der Waals surface area contributed by atoms with E-state index in [0.717, 1.165) is 12.8 Å². The molecule has 0 unspecified atom stereocenters. The van der Waals surface area contributed by atoms with Crippen LogP contribution >= 0.6 is 0 Å². The van der Waals surface area contributed by atoms with Gasteiger partial charge >= 0.3 is 5.97 Å². The summed E-state index contributed by atoms with van der Waals surface area (Å²) in [5, 5.41) is 11.9. The number of esters is 1. The van der Waals surface area contributed by atoms with E-state index >= 15 is 0 Å². The Balaban J connectivity index is 2.02. The molecular formula is C21H20N2O3. The molecular weight excluding hydrogens is 328 g/mol. The summed E-state index contributed by atoms with van der Waals surface area (Å²) in [6.45, 7) is 2.57. The van der Waals surface area contributed by atoms with Crippen LogP contribution in [0.5, 0.6) is 5.75 Å². The minimum atomic E-state index is -0.443. The van der Waals surface area contributed by atoms with Crippen molar-refractivity contribution in [3.8, 4) is 11.8 Å². The normalized spacial score (nSPS) is 10.7. The Kier molecular flexibility index (Phi) is 7.14. The Morgan fingerprint density at radius 3 is 2.42 bits per heavy atom. The van der Waals surface area contributed by atoms with E-state index in [1.165, 1.54) is 6.08 Å². The molecule has 2 aromatic carbocycles. The van der Waals surface area contributed by atoms with Crippen molar-refractivity contribution in [2.24, 2.45) is 0 Å². The number of carbonyl (C=O) groups is 2. The quantitative estimate of drug-likeness (QED) is 0.272. The fourth-order valence-electron chi connectivity index (χ4n) is 2.16. The topological polar surface area (TPSA) is 79.2 Å². The van der Waals surface area contributed by atoms with Gasteiger partial charge in [0.15, 0.2) is 0 Å². The van der Waals surface area contributed by atoms with Crippen LogP contribution in [0.15, 0.2) is 60.2 Å². The lowest BCUT2D eigenvalue weighted by Gasteiger charge is -2.05. The second-order valence-corrected chi connectivity index (χ2v) is 5.60. The van der Waals surface area contributed by atoms with Crippen molar-refractivity contribution in [3.63, 3.8) is 0 Å². The second-order valence-electron chi connectivity index (χ2n) is 5.60. The number of carbonyl (C=O) groups excluding carboxylic acids is 2. The van der Waals surface area contributed by atoms with Crippen LogP contribution in [0.1, 0.15) is 35.7 Å². The highest BCUT2D eigenvalue weighted by Gasteiger charge is 2.09. The molecule has 26 heavy (non-hydrogen) atoms. The van der Waals surface area contributed by atoms with Gasteiger partial charge in [0.1, 0.15) is 17.4 Å². The Bertz CT molecular complexity index is 819. The largest absolute Gasteiger partial charge is 0.423 e. The van der Waals surface area contributed by atoms with E-state index < -0.39 is 5.97 Å². The maximum Gasteiger partial charge on any atom is 0.343 e. The van der Waals surface area contributed by atoms with Crippen LogP contribution in [0.4, 0.5) is 0 Å². The summed E-state index contributed by atoms with van der Waals surface area (Å²) in [6, 6.07) is 17.2. The first-order chi connectivity index (χ1) is 12.6. The maximum absolute atomic E-state index is 12.0. The van der Waals surface area contributed by atoms with E-state index in [2.05, 4.69) is 5.32 Å². The number of nitriles is 1. The molecule has 0 aromatic heterocycles. The number of nitrogens with zero attached hydrogens (tertiary/aromatic N) is 1. The molecule has 0 aliphatic heterocycles.